The van der Waals surface area contributed by atoms with Crippen molar-refractivity contribution in [3.63, 3.8) is 0 Å². The van der Waals surface area contributed by atoms with E-state index >= 15 is 0 Å². The number of carbonyl (C=O) groups is 2. The number of benzene rings is 1. The third-order valence-corrected chi connectivity index (χ3v) is 6.33. The first-order valence-electron chi connectivity index (χ1n) is 10.6. The van der Waals surface area contributed by atoms with Crippen LogP contribution in [0.15, 0.2) is 23.5 Å². The van der Waals surface area contributed by atoms with Gasteiger partial charge in [0.2, 0.25) is 5.75 Å². The first-order valence-corrected chi connectivity index (χ1v) is 10.6. The van der Waals surface area contributed by atoms with Gasteiger partial charge in [-0.15, -0.1) is 0 Å². The Labute approximate surface area is 176 Å². The second-order valence-electron chi connectivity index (χ2n) is 8.01. The van der Waals surface area contributed by atoms with Crippen molar-refractivity contribution in [3.8, 4) is 17.2 Å². The highest BCUT2D eigenvalue weighted by atomic mass is 16.5. The van der Waals surface area contributed by atoms with Crippen LogP contribution in [0, 0.1) is 5.92 Å². The van der Waals surface area contributed by atoms with Crippen LogP contribution in [0.2, 0.25) is 0 Å². The van der Waals surface area contributed by atoms with Crippen molar-refractivity contribution in [2.75, 3.05) is 27.9 Å². The molecule has 1 aromatic rings. The number of rotatable bonds is 6. The molecule has 3 aliphatic rings. The molecule has 4 rings (SSSR count). The fraction of sp³-hybridized carbons (Fsp3) is 0.565. The third kappa shape index (κ3) is 3.11. The van der Waals surface area contributed by atoms with Crippen molar-refractivity contribution in [3.05, 3.63) is 29.0 Å². The van der Waals surface area contributed by atoms with E-state index in [1.165, 1.54) is 0 Å². The minimum Gasteiger partial charge on any atom is -0.493 e. The highest BCUT2D eigenvalue weighted by Crippen LogP contribution is 2.49. The summed E-state index contributed by atoms with van der Waals surface area (Å²) < 4.78 is 22.6. The molecule has 3 unspecified atom stereocenters. The van der Waals surface area contributed by atoms with E-state index in [-0.39, 0.29) is 29.5 Å². The first-order chi connectivity index (χ1) is 14.5. The highest BCUT2D eigenvalue weighted by Gasteiger charge is 2.51. The van der Waals surface area contributed by atoms with Gasteiger partial charge in [0.25, 0.3) is 5.91 Å². The van der Waals surface area contributed by atoms with Gasteiger partial charge < -0.3 is 23.8 Å². The predicted molar refractivity (Wildman–Crippen MR) is 110 cm³/mol. The Balaban J connectivity index is 1.85. The number of hydrogen-bond donors (Lipinski definition) is 0. The quantitative estimate of drug-likeness (QED) is 0.709. The number of hydrogen-bond acceptors (Lipinski definition) is 6. The Kier molecular flexibility index (Phi) is 5.62. The van der Waals surface area contributed by atoms with Gasteiger partial charge in [-0.05, 0) is 43.4 Å². The minimum absolute atomic E-state index is 0.0478. The summed E-state index contributed by atoms with van der Waals surface area (Å²) in [6.07, 6.45) is 4.26. The monoisotopic (exact) mass is 415 g/mol. The predicted octanol–water partition coefficient (Wildman–Crippen LogP) is 3.42. The number of methoxy groups -OCH3 is 3. The summed E-state index contributed by atoms with van der Waals surface area (Å²) in [5.41, 5.74) is 1.23. The van der Waals surface area contributed by atoms with E-state index in [4.69, 9.17) is 18.9 Å². The number of ketones is 1. The average Bonchev–Trinajstić information content (AvgIpc) is 3.05. The zero-order valence-corrected chi connectivity index (χ0v) is 18.0. The van der Waals surface area contributed by atoms with Crippen LogP contribution in [0.3, 0.4) is 0 Å². The van der Waals surface area contributed by atoms with E-state index in [0.717, 1.165) is 37.7 Å². The van der Waals surface area contributed by atoms with E-state index in [9.17, 15) is 9.59 Å². The van der Waals surface area contributed by atoms with Crippen LogP contribution >= 0.6 is 0 Å². The summed E-state index contributed by atoms with van der Waals surface area (Å²) in [4.78, 5) is 28.6. The van der Waals surface area contributed by atoms with Crippen LogP contribution in [0.25, 0.3) is 0 Å². The Hall–Kier alpha value is -2.70. The number of carbonyl (C=O) groups excluding carboxylic acids is 2. The Bertz CT molecular complexity index is 867. The zero-order valence-electron chi connectivity index (χ0n) is 18.0. The maximum Gasteiger partial charge on any atom is 0.290 e. The molecule has 1 aliphatic carbocycles. The lowest BCUT2D eigenvalue weighted by Crippen LogP contribution is -2.39. The molecule has 7 heteroatoms. The third-order valence-electron chi connectivity index (χ3n) is 6.33. The molecule has 30 heavy (non-hydrogen) atoms. The number of Topliss-reactive ketones (excluding diaryl/α,β-unsaturated/α-hetero) is 1. The van der Waals surface area contributed by atoms with Gasteiger partial charge >= 0.3 is 0 Å². The van der Waals surface area contributed by atoms with Crippen molar-refractivity contribution >= 4 is 11.7 Å². The fourth-order valence-corrected chi connectivity index (χ4v) is 4.97. The van der Waals surface area contributed by atoms with Crippen LogP contribution in [0.5, 0.6) is 17.2 Å². The summed E-state index contributed by atoms with van der Waals surface area (Å²) in [7, 11) is 4.65. The lowest BCUT2D eigenvalue weighted by atomic mass is 9.77. The second-order valence-corrected chi connectivity index (χ2v) is 8.01. The van der Waals surface area contributed by atoms with Gasteiger partial charge in [-0.1, -0.05) is 13.3 Å². The molecule has 7 nitrogen and oxygen atoms in total. The van der Waals surface area contributed by atoms with E-state index in [2.05, 4.69) is 0 Å². The molecule has 1 aromatic carbocycles. The fourth-order valence-electron chi connectivity index (χ4n) is 4.97. The summed E-state index contributed by atoms with van der Waals surface area (Å²) in [5, 5.41) is 0. The molecule has 0 spiro atoms. The maximum atomic E-state index is 13.5. The van der Waals surface area contributed by atoms with Crippen molar-refractivity contribution in [2.24, 2.45) is 5.92 Å². The summed E-state index contributed by atoms with van der Waals surface area (Å²) in [5.74, 6) is 1.36. The topological polar surface area (TPSA) is 74.3 Å². The molecule has 0 aromatic heterocycles. The standard InChI is InChI=1S/C23H29NO6/c1-5-10-24-19(13-11-16(27-2)21(29-4)17(12-13)28-3)18-20(25)14-8-6-7-9-15(14)30-22(18)23(24)26/h11-12,14-15,19H,5-10H2,1-4H3. The van der Waals surface area contributed by atoms with Crippen molar-refractivity contribution in [1.29, 1.82) is 0 Å². The van der Waals surface area contributed by atoms with Crippen molar-refractivity contribution in [1.82, 2.24) is 4.90 Å². The molecule has 0 N–H and O–H groups in total. The Morgan fingerprint density at radius 3 is 2.30 bits per heavy atom. The summed E-state index contributed by atoms with van der Waals surface area (Å²) in [6.45, 7) is 2.54. The number of fused-ring (bicyclic) bond motifs is 1. The lowest BCUT2D eigenvalue weighted by Gasteiger charge is -2.35. The molecule has 0 saturated heterocycles. The second kappa shape index (κ2) is 8.20. The molecule has 2 aliphatic heterocycles. The average molecular weight is 415 g/mol. The van der Waals surface area contributed by atoms with Gasteiger partial charge in [0.05, 0.1) is 38.9 Å². The first kappa shape index (κ1) is 20.6. The Morgan fingerprint density at radius 1 is 1.03 bits per heavy atom. The summed E-state index contributed by atoms with van der Waals surface area (Å²) >= 11 is 0. The number of ether oxygens (including phenoxy) is 4. The van der Waals surface area contributed by atoms with Gasteiger partial charge in [0, 0.05) is 6.54 Å². The molecule has 1 fully saturated rings. The molecular weight excluding hydrogens is 386 g/mol. The van der Waals surface area contributed by atoms with Crippen LogP contribution in [-0.4, -0.2) is 50.6 Å². The van der Waals surface area contributed by atoms with Gasteiger partial charge in [-0.25, -0.2) is 0 Å². The van der Waals surface area contributed by atoms with Crippen LogP contribution in [0.4, 0.5) is 0 Å². The van der Waals surface area contributed by atoms with Gasteiger partial charge in [-0.2, -0.15) is 0 Å². The molecule has 2 heterocycles. The van der Waals surface area contributed by atoms with Crippen LogP contribution in [0.1, 0.15) is 50.6 Å². The van der Waals surface area contributed by atoms with E-state index in [0.29, 0.717) is 29.4 Å². The molecule has 1 saturated carbocycles. The highest BCUT2D eigenvalue weighted by molar-refractivity contribution is 6.11. The minimum atomic E-state index is -0.517. The van der Waals surface area contributed by atoms with E-state index < -0.39 is 6.04 Å². The summed E-state index contributed by atoms with van der Waals surface area (Å²) in [6, 6.07) is 3.12. The van der Waals surface area contributed by atoms with Crippen LogP contribution < -0.4 is 14.2 Å². The molecule has 3 atom stereocenters. The molecule has 162 valence electrons. The van der Waals surface area contributed by atoms with Crippen molar-refractivity contribution < 1.29 is 28.5 Å². The number of amides is 1. The lowest BCUT2D eigenvalue weighted by molar-refractivity contribution is -0.135. The maximum absolute atomic E-state index is 13.5. The van der Waals surface area contributed by atoms with Crippen LogP contribution in [-0.2, 0) is 14.3 Å². The molecule has 0 radical (unpaired) electrons. The number of nitrogens with zero attached hydrogens (tertiary/aromatic N) is 1. The largest absolute Gasteiger partial charge is 0.493 e. The van der Waals surface area contributed by atoms with Gasteiger partial charge in [-0.3, -0.25) is 9.59 Å². The van der Waals surface area contributed by atoms with E-state index in [1.807, 2.05) is 19.1 Å². The van der Waals surface area contributed by atoms with Crippen molar-refractivity contribution in [2.45, 2.75) is 51.2 Å². The Morgan fingerprint density at radius 2 is 1.70 bits per heavy atom. The van der Waals surface area contributed by atoms with Gasteiger partial charge in [0.15, 0.2) is 23.0 Å². The van der Waals surface area contributed by atoms with Gasteiger partial charge in [0.1, 0.15) is 6.10 Å². The zero-order chi connectivity index (χ0) is 21.4. The van der Waals surface area contributed by atoms with E-state index in [1.54, 1.807) is 26.2 Å². The molecule has 1 amide bonds. The SMILES string of the molecule is CCCN1C(=O)C2=C(C(=O)C3CCCCC3O2)C1c1cc(OC)c(OC)c(OC)c1. The molecule has 0 bridgehead atoms. The molecular formula is C23H29NO6. The smallest absolute Gasteiger partial charge is 0.290 e. The normalized spacial score (nSPS) is 25.6.